The second-order valence-corrected chi connectivity index (χ2v) is 20.2. The molecule has 0 amide bonds. The maximum absolute atomic E-state index is 2.59. The highest BCUT2D eigenvalue weighted by molar-refractivity contribution is 6.11. The molecule has 2 nitrogen and oxygen atoms in total. The van der Waals surface area contributed by atoms with E-state index in [2.05, 4.69) is 289 Å². The number of para-hydroxylation sites is 3. The summed E-state index contributed by atoms with van der Waals surface area (Å²) in [6, 6.07) is 105. The van der Waals surface area contributed by atoms with Crippen molar-refractivity contribution >= 4 is 44.9 Å². The number of anilines is 6. The summed E-state index contributed by atoms with van der Waals surface area (Å²) in [5, 5.41) is 2.47. The Morgan fingerprint density at radius 2 is 0.622 bits per heavy atom. The molecule has 0 bridgehead atoms. The molecule has 4 aliphatic carbocycles. The fraction of sp³-hybridized carbons (Fsp3) is 0.0278. The standard InChI is InChI=1S/C72H46N2/c1-4-23-48(24-5-1)73(49-25-6-2-7-26-49)51-41-43-66-60(45-51)57-33-15-20-38-64(57)72(66)65-39-21-16-34-59(65)69-53-29-11-10-22-47(53)44-68(70(69)72)74(50-27-8-3-9-28-50)52-40-42-58-56-32-14-19-37-63(56)71(67(58)46-52)61-35-17-12-30-54(61)55-31-13-18-36-62(55)71/h1-46H. The van der Waals surface area contributed by atoms with E-state index >= 15 is 0 Å². The van der Waals surface area contributed by atoms with E-state index in [0.29, 0.717) is 0 Å². The first-order chi connectivity index (χ1) is 36.7. The summed E-state index contributed by atoms with van der Waals surface area (Å²) in [5.41, 5.74) is 26.4. The first-order valence-electron chi connectivity index (χ1n) is 25.8. The summed E-state index contributed by atoms with van der Waals surface area (Å²) < 4.78 is 0. The second-order valence-electron chi connectivity index (χ2n) is 20.2. The van der Waals surface area contributed by atoms with Gasteiger partial charge in [-0.25, -0.2) is 0 Å². The molecule has 74 heavy (non-hydrogen) atoms. The predicted octanol–water partition coefficient (Wildman–Crippen LogP) is 18.5. The zero-order valence-corrected chi connectivity index (χ0v) is 40.5. The highest BCUT2D eigenvalue weighted by Gasteiger charge is 2.55. The van der Waals surface area contributed by atoms with E-state index in [1.807, 2.05) is 0 Å². The lowest BCUT2D eigenvalue weighted by molar-refractivity contribution is 0.790. The molecule has 0 radical (unpaired) electrons. The van der Waals surface area contributed by atoms with Gasteiger partial charge < -0.3 is 9.80 Å². The van der Waals surface area contributed by atoms with Gasteiger partial charge in [0.15, 0.2) is 0 Å². The van der Waals surface area contributed by atoms with Crippen molar-refractivity contribution in [2.24, 2.45) is 0 Å². The molecule has 0 saturated heterocycles. The Bertz CT molecular complexity index is 4170. The molecule has 0 aliphatic heterocycles. The van der Waals surface area contributed by atoms with E-state index in [1.54, 1.807) is 0 Å². The molecule has 12 aromatic carbocycles. The van der Waals surface area contributed by atoms with Crippen LogP contribution in [0.5, 0.6) is 0 Å². The molecule has 16 rings (SSSR count). The van der Waals surface area contributed by atoms with Crippen molar-refractivity contribution in [2.45, 2.75) is 10.8 Å². The molecule has 1 atom stereocenters. The van der Waals surface area contributed by atoms with E-state index < -0.39 is 10.8 Å². The number of rotatable bonds is 6. The van der Waals surface area contributed by atoms with Crippen LogP contribution in [0.3, 0.4) is 0 Å². The van der Waals surface area contributed by atoms with Crippen molar-refractivity contribution in [3.05, 3.63) is 324 Å². The molecule has 344 valence electrons. The van der Waals surface area contributed by atoms with E-state index in [0.717, 1.165) is 28.4 Å². The molecular formula is C72H46N2. The van der Waals surface area contributed by atoms with E-state index in [4.69, 9.17) is 0 Å². The van der Waals surface area contributed by atoms with E-state index in [1.165, 1.54) is 105 Å². The zero-order chi connectivity index (χ0) is 48.5. The van der Waals surface area contributed by atoms with E-state index in [-0.39, 0.29) is 0 Å². The molecule has 12 aromatic rings. The molecule has 4 aliphatic rings. The Labute approximate surface area is 431 Å². The topological polar surface area (TPSA) is 6.48 Å². The van der Waals surface area contributed by atoms with E-state index in [9.17, 15) is 0 Å². The van der Waals surface area contributed by atoms with Crippen molar-refractivity contribution < 1.29 is 0 Å². The summed E-state index contributed by atoms with van der Waals surface area (Å²) in [4.78, 5) is 4.98. The number of nitrogens with zero attached hydrogens (tertiary/aromatic N) is 2. The van der Waals surface area contributed by atoms with Gasteiger partial charge in [0, 0.05) is 34.0 Å². The van der Waals surface area contributed by atoms with Crippen molar-refractivity contribution in [3.8, 4) is 44.5 Å². The van der Waals surface area contributed by atoms with Gasteiger partial charge in [-0.1, -0.05) is 212 Å². The Morgan fingerprint density at radius 1 is 0.230 bits per heavy atom. The van der Waals surface area contributed by atoms with Gasteiger partial charge in [-0.05, 0) is 161 Å². The molecule has 2 spiro atoms. The highest BCUT2D eigenvalue weighted by atomic mass is 15.2. The minimum Gasteiger partial charge on any atom is -0.310 e. The third kappa shape index (κ3) is 5.33. The normalized spacial score (nSPS) is 15.2. The summed E-state index contributed by atoms with van der Waals surface area (Å²) in [5.74, 6) is 0. The van der Waals surface area contributed by atoms with Crippen LogP contribution in [-0.2, 0) is 10.8 Å². The summed E-state index contributed by atoms with van der Waals surface area (Å²) in [7, 11) is 0. The van der Waals surface area contributed by atoms with Gasteiger partial charge in [-0.2, -0.15) is 0 Å². The largest absolute Gasteiger partial charge is 0.310 e. The van der Waals surface area contributed by atoms with Crippen molar-refractivity contribution in [1.82, 2.24) is 0 Å². The lowest BCUT2D eigenvalue weighted by Gasteiger charge is -2.37. The minimum atomic E-state index is -0.662. The zero-order valence-electron chi connectivity index (χ0n) is 40.5. The van der Waals surface area contributed by atoms with Gasteiger partial charge in [0.1, 0.15) is 0 Å². The van der Waals surface area contributed by atoms with Crippen LogP contribution in [-0.4, -0.2) is 0 Å². The third-order valence-electron chi connectivity index (χ3n) is 16.8. The molecule has 0 heterocycles. The van der Waals surface area contributed by atoms with Crippen LogP contribution in [0.1, 0.15) is 44.5 Å². The molecular weight excluding hydrogens is 893 g/mol. The maximum atomic E-state index is 2.59. The van der Waals surface area contributed by atoms with Gasteiger partial charge >= 0.3 is 0 Å². The molecule has 0 fully saturated rings. The smallest absolute Gasteiger partial charge is 0.0746 e. The Hall–Kier alpha value is -9.50. The van der Waals surface area contributed by atoms with Gasteiger partial charge in [0.25, 0.3) is 0 Å². The van der Waals surface area contributed by atoms with Gasteiger partial charge in [-0.15, -0.1) is 0 Å². The first kappa shape index (κ1) is 41.2. The summed E-state index contributed by atoms with van der Waals surface area (Å²) in [6.45, 7) is 0. The van der Waals surface area contributed by atoms with Crippen LogP contribution in [0.2, 0.25) is 0 Å². The highest BCUT2D eigenvalue weighted by Crippen LogP contribution is 2.68. The van der Waals surface area contributed by atoms with Gasteiger partial charge in [0.05, 0.1) is 16.5 Å². The van der Waals surface area contributed by atoms with Gasteiger partial charge in [0.2, 0.25) is 0 Å². The fourth-order valence-electron chi connectivity index (χ4n) is 14.1. The Balaban J connectivity index is 1.00. The molecule has 0 saturated carbocycles. The quantitative estimate of drug-likeness (QED) is 0.164. The van der Waals surface area contributed by atoms with Crippen LogP contribution < -0.4 is 9.80 Å². The lowest BCUT2D eigenvalue weighted by Crippen LogP contribution is -2.29. The number of benzene rings is 12. The summed E-state index contributed by atoms with van der Waals surface area (Å²) >= 11 is 0. The van der Waals surface area contributed by atoms with Crippen LogP contribution in [0.25, 0.3) is 55.3 Å². The van der Waals surface area contributed by atoms with Crippen molar-refractivity contribution in [3.63, 3.8) is 0 Å². The lowest BCUT2D eigenvalue weighted by atomic mass is 9.69. The number of hydrogen-bond acceptors (Lipinski definition) is 2. The predicted molar refractivity (Wildman–Crippen MR) is 306 cm³/mol. The SMILES string of the molecule is c1ccc(N(c2ccccc2)c2ccc3c(c2)-c2ccccc2C32c3ccccc3-c3c2c(N(c2ccccc2)c2ccc4c(c2)C2(c5ccccc5-c5ccccc52)c2ccccc2-4)cc2ccccc32)cc1. The Morgan fingerprint density at radius 3 is 1.19 bits per heavy atom. The van der Waals surface area contributed by atoms with Crippen molar-refractivity contribution in [1.29, 1.82) is 0 Å². The second kappa shape index (κ2) is 15.5. The molecule has 0 N–H and O–H groups in total. The molecule has 0 aromatic heterocycles. The van der Waals surface area contributed by atoms with Crippen LogP contribution in [0.4, 0.5) is 34.1 Å². The molecule has 2 heteroatoms. The average Bonchev–Trinajstić information content (AvgIpc) is 4.18. The van der Waals surface area contributed by atoms with Gasteiger partial charge in [-0.3, -0.25) is 0 Å². The third-order valence-corrected chi connectivity index (χ3v) is 16.8. The molecule has 1 unspecified atom stereocenters. The average molecular weight is 939 g/mol. The minimum absolute atomic E-state index is 0.491. The monoisotopic (exact) mass is 938 g/mol. The maximum Gasteiger partial charge on any atom is 0.0746 e. The summed E-state index contributed by atoms with van der Waals surface area (Å²) in [6.07, 6.45) is 0. The Kier molecular flexibility index (Phi) is 8.62. The fourth-order valence-corrected chi connectivity index (χ4v) is 14.1. The number of fused-ring (bicyclic) bond motifs is 22. The van der Waals surface area contributed by atoms with Crippen LogP contribution in [0, 0.1) is 0 Å². The van der Waals surface area contributed by atoms with Crippen LogP contribution in [0.15, 0.2) is 279 Å². The van der Waals surface area contributed by atoms with Crippen molar-refractivity contribution in [2.75, 3.05) is 9.80 Å². The number of hydrogen-bond donors (Lipinski definition) is 0. The first-order valence-corrected chi connectivity index (χ1v) is 25.8. The van der Waals surface area contributed by atoms with Crippen LogP contribution >= 0.6 is 0 Å².